The molecular formula is C31H38N2O7. The van der Waals surface area contributed by atoms with E-state index in [4.69, 9.17) is 4.74 Å². The van der Waals surface area contributed by atoms with Gasteiger partial charge < -0.3 is 25.6 Å². The summed E-state index contributed by atoms with van der Waals surface area (Å²) in [5.41, 5.74) is -0.310. The molecule has 1 fully saturated rings. The molecule has 4 atom stereocenters. The highest BCUT2D eigenvalue weighted by atomic mass is 16.6. The van der Waals surface area contributed by atoms with Crippen LogP contribution in [-0.4, -0.2) is 51.4 Å². The molecule has 0 saturated carbocycles. The first-order valence-electron chi connectivity index (χ1n) is 13.6. The molecule has 214 valence electrons. The van der Waals surface area contributed by atoms with Crippen LogP contribution in [0.5, 0.6) is 0 Å². The van der Waals surface area contributed by atoms with E-state index in [9.17, 15) is 29.4 Å². The van der Waals surface area contributed by atoms with Gasteiger partial charge in [-0.25, -0.2) is 0 Å². The van der Waals surface area contributed by atoms with Gasteiger partial charge >= 0.3 is 0 Å². The highest BCUT2D eigenvalue weighted by molar-refractivity contribution is 6.07. The fourth-order valence-corrected chi connectivity index (χ4v) is 4.61. The van der Waals surface area contributed by atoms with Crippen molar-refractivity contribution in [3.63, 3.8) is 0 Å². The quantitative estimate of drug-likeness (QED) is 0.165. The molecule has 0 spiro atoms. The van der Waals surface area contributed by atoms with E-state index in [0.29, 0.717) is 11.5 Å². The van der Waals surface area contributed by atoms with Crippen molar-refractivity contribution >= 4 is 23.4 Å². The first-order chi connectivity index (χ1) is 18.9. The lowest BCUT2D eigenvalue weighted by Crippen LogP contribution is -2.42. The van der Waals surface area contributed by atoms with Crippen LogP contribution in [0.1, 0.15) is 59.8 Å². The molecule has 0 unspecified atom stereocenters. The first-order valence-corrected chi connectivity index (χ1v) is 13.6. The minimum absolute atomic E-state index is 0.0267. The zero-order valence-corrected chi connectivity index (χ0v) is 23.4. The van der Waals surface area contributed by atoms with Gasteiger partial charge in [-0.3, -0.25) is 19.2 Å². The van der Waals surface area contributed by atoms with Crippen LogP contribution in [0.25, 0.3) is 0 Å². The molecule has 0 aromatic rings. The van der Waals surface area contributed by atoms with Gasteiger partial charge in [0.05, 0.1) is 5.70 Å². The molecule has 2 aliphatic carbocycles. The number of Topliss-reactive ketones (excluding diaryl/α,β-unsaturated/α-hetero) is 2. The number of allylic oxidation sites excluding steroid dienone is 9. The maximum atomic E-state index is 12.8. The fourth-order valence-electron chi connectivity index (χ4n) is 4.61. The number of carbonyl (C=O) groups excluding carboxylic acids is 4. The minimum Gasteiger partial charge on any atom is -0.510 e. The molecule has 2 amide bonds. The number of epoxide rings is 1. The van der Waals surface area contributed by atoms with E-state index in [-0.39, 0.29) is 35.8 Å². The topological polar surface area (TPSA) is 145 Å². The smallest absolute Gasteiger partial charge is 0.251 e. The maximum Gasteiger partial charge on any atom is 0.251 e. The predicted octanol–water partition coefficient (Wildman–Crippen LogP) is 3.70. The molecule has 0 aromatic heterocycles. The van der Waals surface area contributed by atoms with Crippen LogP contribution in [0, 0.1) is 5.92 Å². The second-order valence-electron chi connectivity index (χ2n) is 10.4. The number of aliphatic hydroxyl groups is 2. The van der Waals surface area contributed by atoms with Gasteiger partial charge in [0, 0.05) is 24.5 Å². The summed E-state index contributed by atoms with van der Waals surface area (Å²) >= 11 is 0. The summed E-state index contributed by atoms with van der Waals surface area (Å²) in [5, 5.41) is 25.7. The SMILES string of the molecule is CCCC[C@H](C)/C=C(C)\C=C(/C)C(=O)NC1=C[C@](O)(/C=C/C=C/C=C/C(=O)NC2=C(O)CCC2=O)[C@@H]2O[C@@H]2C1=O. The molecule has 4 N–H and O–H groups in total. The van der Waals surface area contributed by atoms with Crippen LogP contribution < -0.4 is 10.6 Å². The first kappa shape index (κ1) is 30.7. The van der Waals surface area contributed by atoms with Crippen LogP contribution in [0.3, 0.4) is 0 Å². The molecular weight excluding hydrogens is 512 g/mol. The van der Waals surface area contributed by atoms with Crippen molar-refractivity contribution < 1.29 is 34.1 Å². The molecule has 1 saturated heterocycles. The second kappa shape index (κ2) is 13.5. The highest BCUT2D eigenvalue weighted by Gasteiger charge is 2.59. The normalized spacial score (nSPS) is 26.1. The van der Waals surface area contributed by atoms with Crippen LogP contribution in [0.15, 0.2) is 83.0 Å². The van der Waals surface area contributed by atoms with Gasteiger partial charge in [0.25, 0.3) is 5.91 Å². The monoisotopic (exact) mass is 550 g/mol. The van der Waals surface area contributed by atoms with E-state index < -0.39 is 35.4 Å². The van der Waals surface area contributed by atoms with Crippen molar-refractivity contribution in [1.29, 1.82) is 0 Å². The number of ether oxygens (including phenoxy) is 1. The second-order valence-corrected chi connectivity index (χ2v) is 10.4. The van der Waals surface area contributed by atoms with Crippen molar-refractivity contribution in [3.05, 3.63) is 83.0 Å². The predicted molar refractivity (Wildman–Crippen MR) is 151 cm³/mol. The molecule has 40 heavy (non-hydrogen) atoms. The Morgan fingerprint density at radius 3 is 2.55 bits per heavy atom. The third kappa shape index (κ3) is 8.09. The number of aliphatic hydroxyl groups excluding tert-OH is 1. The van der Waals surface area contributed by atoms with Crippen molar-refractivity contribution in [3.8, 4) is 0 Å². The van der Waals surface area contributed by atoms with Crippen LogP contribution in [0.4, 0.5) is 0 Å². The molecule has 9 nitrogen and oxygen atoms in total. The van der Waals surface area contributed by atoms with Crippen LogP contribution >= 0.6 is 0 Å². The number of hydrogen-bond donors (Lipinski definition) is 4. The number of ketones is 2. The number of hydrogen-bond acceptors (Lipinski definition) is 7. The average molecular weight is 551 g/mol. The van der Waals surface area contributed by atoms with E-state index >= 15 is 0 Å². The van der Waals surface area contributed by atoms with Gasteiger partial charge in [0.2, 0.25) is 11.7 Å². The third-order valence-electron chi connectivity index (χ3n) is 6.81. The van der Waals surface area contributed by atoms with Crippen molar-refractivity contribution in [1.82, 2.24) is 10.6 Å². The lowest BCUT2D eigenvalue weighted by molar-refractivity contribution is -0.121. The van der Waals surface area contributed by atoms with Gasteiger partial charge in [-0.05, 0) is 38.3 Å². The third-order valence-corrected chi connectivity index (χ3v) is 6.81. The summed E-state index contributed by atoms with van der Waals surface area (Å²) in [4.78, 5) is 49.0. The largest absolute Gasteiger partial charge is 0.510 e. The molecule has 3 aliphatic rings. The Morgan fingerprint density at radius 2 is 1.88 bits per heavy atom. The summed E-state index contributed by atoms with van der Waals surface area (Å²) in [6.07, 6.45) is 16.0. The Morgan fingerprint density at radius 1 is 1.15 bits per heavy atom. The zero-order valence-electron chi connectivity index (χ0n) is 23.4. The lowest BCUT2D eigenvalue weighted by atomic mass is 9.88. The molecule has 1 heterocycles. The Bertz CT molecular complexity index is 1260. The van der Waals surface area contributed by atoms with E-state index in [1.54, 1.807) is 19.1 Å². The Hall–Kier alpha value is -3.82. The van der Waals surface area contributed by atoms with Crippen molar-refractivity contribution in [2.75, 3.05) is 0 Å². The van der Waals surface area contributed by atoms with Gasteiger partial charge in [-0.2, -0.15) is 0 Å². The zero-order chi connectivity index (χ0) is 29.4. The van der Waals surface area contributed by atoms with Crippen LogP contribution in [-0.2, 0) is 23.9 Å². The number of carbonyl (C=O) groups is 4. The summed E-state index contributed by atoms with van der Waals surface area (Å²) in [6.45, 7) is 7.90. The number of fused-ring (bicyclic) bond motifs is 1. The standard InChI is InChI=1S/C31H38N2O7/c1-5-6-11-19(2)16-20(3)17-21(4)30(38)32-22-18-31(39,29-28(40-29)27(22)37)15-10-8-7-9-12-25(36)33-26-23(34)13-14-24(26)35/h7-10,12,15-19,28-29,34,39H,5-6,11,13-14H2,1-4H3,(H,32,38)(H,33,36)/b8-7+,12-9+,15-10+,20-16-,21-17+/t19-,28+,29+,31+/m0/s1. The van der Waals surface area contributed by atoms with Gasteiger partial charge in [0.1, 0.15) is 23.2 Å². The molecule has 3 rings (SSSR count). The van der Waals surface area contributed by atoms with Gasteiger partial charge in [-0.1, -0.05) is 68.7 Å². The highest BCUT2D eigenvalue weighted by Crippen LogP contribution is 2.40. The van der Waals surface area contributed by atoms with Gasteiger partial charge in [0.15, 0.2) is 11.9 Å². The summed E-state index contributed by atoms with van der Waals surface area (Å²) in [7, 11) is 0. The Labute approximate surface area is 234 Å². The number of nitrogens with one attached hydrogen (secondary N) is 2. The summed E-state index contributed by atoms with van der Waals surface area (Å²) < 4.78 is 5.39. The van der Waals surface area contributed by atoms with Gasteiger partial charge in [-0.15, -0.1) is 0 Å². The van der Waals surface area contributed by atoms with E-state index in [1.807, 2.05) is 6.92 Å². The Balaban J connectivity index is 1.60. The van der Waals surface area contributed by atoms with Crippen molar-refractivity contribution in [2.45, 2.75) is 77.6 Å². The van der Waals surface area contributed by atoms with E-state index in [2.05, 4.69) is 30.6 Å². The fraction of sp³-hybridized carbons (Fsp3) is 0.419. The molecule has 0 aromatic carbocycles. The van der Waals surface area contributed by atoms with Crippen LogP contribution in [0.2, 0.25) is 0 Å². The van der Waals surface area contributed by atoms with E-state index in [0.717, 1.165) is 24.8 Å². The summed E-state index contributed by atoms with van der Waals surface area (Å²) in [6, 6.07) is 0. The number of rotatable bonds is 12. The minimum atomic E-state index is -1.61. The van der Waals surface area contributed by atoms with Crippen molar-refractivity contribution in [2.24, 2.45) is 5.92 Å². The Kier molecular flexibility index (Phi) is 10.4. The number of unbranched alkanes of at least 4 members (excludes halogenated alkanes) is 1. The number of amides is 2. The lowest BCUT2D eigenvalue weighted by Gasteiger charge is -2.23. The molecule has 0 radical (unpaired) electrons. The average Bonchev–Trinajstić information content (AvgIpc) is 3.66. The molecule has 1 aliphatic heterocycles. The summed E-state index contributed by atoms with van der Waals surface area (Å²) in [5.74, 6) is -1.43. The molecule has 0 bridgehead atoms. The molecule has 9 heteroatoms. The maximum absolute atomic E-state index is 12.8. The van der Waals surface area contributed by atoms with E-state index in [1.165, 1.54) is 36.5 Å².